The van der Waals surface area contributed by atoms with Crippen LogP contribution in [-0.2, 0) is 0 Å². The van der Waals surface area contributed by atoms with Crippen LogP contribution < -0.4 is 14.2 Å². The third-order valence-corrected chi connectivity index (χ3v) is 4.40. The molecule has 0 saturated carbocycles. The number of methoxy groups -OCH3 is 3. The van der Waals surface area contributed by atoms with Crippen LogP contribution in [0.1, 0.15) is 0 Å². The van der Waals surface area contributed by atoms with Crippen molar-refractivity contribution in [2.45, 2.75) is 0 Å². The summed E-state index contributed by atoms with van der Waals surface area (Å²) in [5, 5.41) is 2.97. The zero-order chi connectivity index (χ0) is 16.2. The zero-order valence-corrected chi connectivity index (χ0v) is 14.0. The van der Waals surface area contributed by atoms with Gasteiger partial charge in [0.1, 0.15) is 22.3 Å². The molecule has 3 rings (SSSR count). The van der Waals surface area contributed by atoms with Gasteiger partial charge in [-0.2, -0.15) is 0 Å². The van der Waals surface area contributed by atoms with Gasteiger partial charge in [-0.15, -0.1) is 11.3 Å². The molecule has 0 saturated heterocycles. The van der Waals surface area contributed by atoms with Crippen LogP contribution in [0.3, 0.4) is 0 Å². The van der Waals surface area contributed by atoms with E-state index in [-0.39, 0.29) is 0 Å². The molecule has 1 heterocycles. The summed E-state index contributed by atoms with van der Waals surface area (Å²) in [5.41, 5.74) is 2.86. The molecule has 0 aliphatic heterocycles. The van der Waals surface area contributed by atoms with E-state index in [2.05, 4.69) is 0 Å². The first kappa shape index (κ1) is 15.4. The molecular weight excluding hydrogens is 310 g/mol. The minimum atomic E-state index is 0.742. The molecule has 1 aromatic heterocycles. The summed E-state index contributed by atoms with van der Waals surface area (Å²) in [7, 11) is 4.94. The van der Waals surface area contributed by atoms with Gasteiger partial charge in [0.15, 0.2) is 0 Å². The predicted octanol–water partition coefficient (Wildman–Crippen LogP) is 4.50. The number of hydrogen-bond donors (Lipinski definition) is 0. The molecule has 0 amide bonds. The average molecular weight is 327 g/mol. The van der Waals surface area contributed by atoms with E-state index < -0.39 is 0 Å². The molecule has 0 N–H and O–H groups in total. The van der Waals surface area contributed by atoms with Gasteiger partial charge in [-0.25, -0.2) is 4.98 Å². The summed E-state index contributed by atoms with van der Waals surface area (Å²) in [6.45, 7) is 0. The second-order valence-electron chi connectivity index (χ2n) is 4.84. The highest BCUT2D eigenvalue weighted by atomic mass is 32.1. The van der Waals surface area contributed by atoms with Crippen molar-refractivity contribution < 1.29 is 14.2 Å². The SMILES string of the molecule is COc1cccc(-c2nc(-c3ccc(OC)cc3OC)cs2)c1. The quantitative estimate of drug-likeness (QED) is 0.691. The number of nitrogens with zero attached hydrogens (tertiary/aromatic N) is 1. The number of rotatable bonds is 5. The first-order valence-corrected chi connectivity index (χ1v) is 7.95. The fourth-order valence-electron chi connectivity index (χ4n) is 2.30. The Bertz CT molecular complexity index is 814. The van der Waals surface area contributed by atoms with Crippen molar-refractivity contribution >= 4 is 11.3 Å². The lowest BCUT2D eigenvalue weighted by Crippen LogP contribution is -1.90. The van der Waals surface area contributed by atoms with E-state index >= 15 is 0 Å². The summed E-state index contributed by atoms with van der Waals surface area (Å²) >= 11 is 1.59. The number of thiazole rings is 1. The molecule has 0 unspecified atom stereocenters. The Morgan fingerprint density at radius 1 is 0.870 bits per heavy atom. The Morgan fingerprint density at radius 2 is 1.65 bits per heavy atom. The molecular formula is C18H17NO3S. The fourth-order valence-corrected chi connectivity index (χ4v) is 3.11. The maximum Gasteiger partial charge on any atom is 0.131 e. The van der Waals surface area contributed by atoms with Crippen LogP contribution in [0, 0.1) is 0 Å². The van der Waals surface area contributed by atoms with Crippen molar-refractivity contribution in [1.82, 2.24) is 4.98 Å². The van der Waals surface area contributed by atoms with E-state index in [0.717, 1.165) is 39.1 Å². The highest BCUT2D eigenvalue weighted by Crippen LogP contribution is 2.36. The van der Waals surface area contributed by atoms with Crippen LogP contribution in [0.2, 0.25) is 0 Å². The van der Waals surface area contributed by atoms with Gasteiger partial charge in [-0.3, -0.25) is 0 Å². The molecule has 0 fully saturated rings. The highest BCUT2D eigenvalue weighted by Gasteiger charge is 2.12. The minimum absolute atomic E-state index is 0.742. The fraction of sp³-hybridized carbons (Fsp3) is 0.167. The molecule has 0 radical (unpaired) electrons. The molecule has 0 spiro atoms. The Hall–Kier alpha value is -2.53. The largest absolute Gasteiger partial charge is 0.497 e. The van der Waals surface area contributed by atoms with Crippen molar-refractivity contribution in [3.63, 3.8) is 0 Å². The molecule has 4 nitrogen and oxygen atoms in total. The molecule has 3 aromatic rings. The molecule has 118 valence electrons. The van der Waals surface area contributed by atoms with Crippen LogP contribution in [0.25, 0.3) is 21.8 Å². The highest BCUT2D eigenvalue weighted by molar-refractivity contribution is 7.13. The molecule has 0 aliphatic carbocycles. The second kappa shape index (κ2) is 6.71. The van der Waals surface area contributed by atoms with Gasteiger partial charge in [-0.1, -0.05) is 12.1 Å². The summed E-state index contributed by atoms with van der Waals surface area (Å²) in [4.78, 5) is 4.73. The molecule has 0 bridgehead atoms. The molecule has 0 aliphatic rings. The Labute approximate surface area is 139 Å². The van der Waals surface area contributed by atoms with E-state index in [0.29, 0.717) is 0 Å². The predicted molar refractivity (Wildman–Crippen MR) is 92.6 cm³/mol. The van der Waals surface area contributed by atoms with Crippen LogP contribution in [0.15, 0.2) is 47.8 Å². The Morgan fingerprint density at radius 3 is 2.39 bits per heavy atom. The number of benzene rings is 2. The maximum atomic E-state index is 5.46. The first-order valence-electron chi connectivity index (χ1n) is 7.07. The van der Waals surface area contributed by atoms with Gasteiger partial charge < -0.3 is 14.2 Å². The summed E-state index contributed by atoms with van der Waals surface area (Å²) in [5.74, 6) is 2.32. The minimum Gasteiger partial charge on any atom is -0.497 e. The van der Waals surface area contributed by atoms with Gasteiger partial charge in [0.2, 0.25) is 0 Å². The third-order valence-electron chi connectivity index (χ3n) is 3.51. The zero-order valence-electron chi connectivity index (χ0n) is 13.2. The van der Waals surface area contributed by atoms with Crippen LogP contribution in [-0.4, -0.2) is 26.3 Å². The van der Waals surface area contributed by atoms with Crippen LogP contribution in [0.4, 0.5) is 0 Å². The van der Waals surface area contributed by atoms with Crippen LogP contribution in [0.5, 0.6) is 17.2 Å². The third kappa shape index (κ3) is 3.14. The van der Waals surface area contributed by atoms with E-state index in [9.17, 15) is 0 Å². The second-order valence-corrected chi connectivity index (χ2v) is 5.69. The summed E-state index contributed by atoms with van der Waals surface area (Å²) < 4.78 is 16.0. The van der Waals surface area contributed by atoms with Gasteiger partial charge in [0, 0.05) is 22.6 Å². The van der Waals surface area contributed by atoms with Crippen molar-refractivity contribution in [3.05, 3.63) is 47.8 Å². The van der Waals surface area contributed by atoms with Crippen molar-refractivity contribution in [2.75, 3.05) is 21.3 Å². The lowest BCUT2D eigenvalue weighted by Gasteiger charge is -2.08. The molecule has 0 atom stereocenters. The smallest absolute Gasteiger partial charge is 0.131 e. The molecule has 5 heteroatoms. The van der Waals surface area contributed by atoms with E-state index in [1.165, 1.54) is 0 Å². The van der Waals surface area contributed by atoms with Crippen LogP contribution >= 0.6 is 11.3 Å². The number of ether oxygens (including phenoxy) is 3. The Balaban J connectivity index is 1.98. The topological polar surface area (TPSA) is 40.6 Å². The summed E-state index contributed by atoms with van der Waals surface area (Å²) in [6.07, 6.45) is 0. The lowest BCUT2D eigenvalue weighted by atomic mass is 10.1. The van der Waals surface area contributed by atoms with Gasteiger partial charge in [0.25, 0.3) is 0 Å². The van der Waals surface area contributed by atoms with Gasteiger partial charge in [0.05, 0.1) is 27.0 Å². The summed E-state index contributed by atoms with van der Waals surface area (Å²) in [6, 6.07) is 13.6. The van der Waals surface area contributed by atoms with E-state index in [1.807, 2.05) is 47.8 Å². The van der Waals surface area contributed by atoms with E-state index in [4.69, 9.17) is 19.2 Å². The number of aromatic nitrogens is 1. The maximum absolute atomic E-state index is 5.46. The standard InChI is InChI=1S/C18H17NO3S/c1-20-13-6-4-5-12(9-13)18-19-16(11-23-18)15-8-7-14(21-2)10-17(15)22-3/h4-11H,1-3H3. The molecule has 2 aromatic carbocycles. The number of hydrogen-bond acceptors (Lipinski definition) is 5. The van der Waals surface area contributed by atoms with Crippen molar-refractivity contribution in [2.24, 2.45) is 0 Å². The molecule has 23 heavy (non-hydrogen) atoms. The Kier molecular flexibility index (Phi) is 4.48. The first-order chi connectivity index (χ1) is 11.2. The normalized spacial score (nSPS) is 10.4. The average Bonchev–Trinajstić information content (AvgIpc) is 3.11. The van der Waals surface area contributed by atoms with Gasteiger partial charge in [-0.05, 0) is 24.3 Å². The van der Waals surface area contributed by atoms with E-state index in [1.54, 1.807) is 32.7 Å². The van der Waals surface area contributed by atoms with Gasteiger partial charge >= 0.3 is 0 Å². The monoisotopic (exact) mass is 327 g/mol. The lowest BCUT2D eigenvalue weighted by molar-refractivity contribution is 0.395. The van der Waals surface area contributed by atoms with Crippen molar-refractivity contribution in [1.29, 1.82) is 0 Å². The van der Waals surface area contributed by atoms with Crippen molar-refractivity contribution in [3.8, 4) is 39.1 Å².